The van der Waals surface area contributed by atoms with Gasteiger partial charge in [-0.1, -0.05) is 0 Å². The summed E-state index contributed by atoms with van der Waals surface area (Å²) in [6.45, 7) is 3.58. The summed E-state index contributed by atoms with van der Waals surface area (Å²) >= 11 is 1.65. The fourth-order valence-electron chi connectivity index (χ4n) is 1.91. The van der Waals surface area contributed by atoms with Gasteiger partial charge >= 0.3 is 5.97 Å². The van der Waals surface area contributed by atoms with Gasteiger partial charge in [-0.25, -0.2) is 14.5 Å². The summed E-state index contributed by atoms with van der Waals surface area (Å²) in [5, 5.41) is 13.5. The molecule has 1 aromatic heterocycles. The van der Waals surface area contributed by atoms with Crippen LogP contribution < -0.4 is 0 Å². The number of hydrogen-bond acceptors (Lipinski definition) is 4. The Balaban J connectivity index is 2.49. The van der Waals surface area contributed by atoms with Gasteiger partial charge in [0, 0.05) is 5.75 Å². The van der Waals surface area contributed by atoms with Crippen LogP contribution in [-0.4, -0.2) is 37.3 Å². The standard InChI is InChI=1S/C9H13N3O2S/c1-6-10-7(2)12(11-6)9(8(13)14)3-4-15-5-9/h3-5H2,1-2H3,(H,13,14). The highest BCUT2D eigenvalue weighted by atomic mass is 32.2. The summed E-state index contributed by atoms with van der Waals surface area (Å²) in [4.78, 5) is 15.5. The van der Waals surface area contributed by atoms with E-state index < -0.39 is 11.5 Å². The Morgan fingerprint density at radius 2 is 2.33 bits per heavy atom. The Bertz CT molecular complexity index is 396. The second-order valence-electron chi connectivity index (χ2n) is 3.76. The highest BCUT2D eigenvalue weighted by molar-refractivity contribution is 7.99. The molecule has 0 radical (unpaired) electrons. The van der Waals surface area contributed by atoms with Gasteiger partial charge in [-0.3, -0.25) is 0 Å². The first-order valence-corrected chi connectivity index (χ1v) is 5.93. The van der Waals surface area contributed by atoms with Crippen molar-refractivity contribution in [2.75, 3.05) is 11.5 Å². The first-order chi connectivity index (χ1) is 7.06. The number of carboxylic acid groups (broad SMARTS) is 1. The molecule has 1 aliphatic rings. The average Bonchev–Trinajstić information content (AvgIpc) is 2.72. The lowest BCUT2D eigenvalue weighted by atomic mass is 9.99. The molecule has 2 heterocycles. The summed E-state index contributed by atoms with van der Waals surface area (Å²) in [5.41, 5.74) is -0.879. The fraction of sp³-hybridized carbons (Fsp3) is 0.667. The number of thioether (sulfide) groups is 1. The maximum Gasteiger partial charge on any atom is 0.332 e. The van der Waals surface area contributed by atoms with E-state index in [0.29, 0.717) is 23.8 Å². The third-order valence-corrected chi connectivity index (χ3v) is 3.85. The molecule has 1 fully saturated rings. The van der Waals surface area contributed by atoms with Gasteiger partial charge in [0.05, 0.1) is 0 Å². The monoisotopic (exact) mass is 227 g/mol. The number of hydrogen-bond donors (Lipinski definition) is 1. The number of rotatable bonds is 2. The van der Waals surface area contributed by atoms with E-state index in [1.165, 1.54) is 0 Å². The van der Waals surface area contributed by atoms with Crippen molar-refractivity contribution < 1.29 is 9.90 Å². The SMILES string of the molecule is Cc1nc(C)n(C2(C(=O)O)CCSC2)n1. The van der Waals surface area contributed by atoms with E-state index >= 15 is 0 Å². The van der Waals surface area contributed by atoms with E-state index in [-0.39, 0.29) is 0 Å². The number of nitrogens with zero attached hydrogens (tertiary/aromatic N) is 3. The van der Waals surface area contributed by atoms with Gasteiger partial charge in [0.1, 0.15) is 11.6 Å². The zero-order valence-corrected chi connectivity index (χ0v) is 9.54. The minimum absolute atomic E-state index is 0.575. The van der Waals surface area contributed by atoms with Crippen LogP contribution in [0.5, 0.6) is 0 Å². The van der Waals surface area contributed by atoms with Gasteiger partial charge in [0.2, 0.25) is 0 Å². The molecule has 82 valence electrons. The molecule has 1 atom stereocenters. The van der Waals surface area contributed by atoms with E-state index in [9.17, 15) is 9.90 Å². The Kier molecular flexibility index (Phi) is 2.46. The highest BCUT2D eigenvalue weighted by Gasteiger charge is 2.45. The third-order valence-electron chi connectivity index (χ3n) is 2.68. The maximum atomic E-state index is 11.4. The van der Waals surface area contributed by atoms with Gasteiger partial charge in [0.25, 0.3) is 0 Å². The molecule has 5 nitrogen and oxygen atoms in total. The van der Waals surface area contributed by atoms with E-state index in [0.717, 1.165) is 5.75 Å². The quantitative estimate of drug-likeness (QED) is 0.809. The molecule has 15 heavy (non-hydrogen) atoms. The van der Waals surface area contributed by atoms with Crippen LogP contribution in [0.4, 0.5) is 0 Å². The smallest absolute Gasteiger partial charge is 0.332 e. The fourth-order valence-corrected chi connectivity index (χ4v) is 3.26. The summed E-state index contributed by atoms with van der Waals surface area (Å²) < 4.78 is 1.57. The van der Waals surface area contributed by atoms with Gasteiger partial charge in [-0.05, 0) is 26.0 Å². The molecule has 2 rings (SSSR count). The highest BCUT2D eigenvalue weighted by Crippen LogP contribution is 2.35. The molecule has 0 aliphatic carbocycles. The molecule has 0 spiro atoms. The Labute approximate surface area is 91.9 Å². The Morgan fingerprint density at radius 3 is 2.73 bits per heavy atom. The molecule has 1 N–H and O–H groups in total. The van der Waals surface area contributed by atoms with Crippen molar-refractivity contribution in [2.24, 2.45) is 0 Å². The number of carbonyl (C=O) groups is 1. The van der Waals surface area contributed by atoms with E-state index in [4.69, 9.17) is 0 Å². The molecule has 1 unspecified atom stereocenters. The van der Waals surface area contributed by atoms with Crippen molar-refractivity contribution in [3.8, 4) is 0 Å². The van der Waals surface area contributed by atoms with Crippen LogP contribution in [-0.2, 0) is 10.3 Å². The summed E-state index contributed by atoms with van der Waals surface area (Å²) in [6.07, 6.45) is 0.622. The van der Waals surface area contributed by atoms with Crippen molar-refractivity contribution in [3.05, 3.63) is 11.6 Å². The number of carboxylic acids is 1. The molecule has 0 saturated carbocycles. The second kappa shape index (κ2) is 3.52. The zero-order valence-electron chi connectivity index (χ0n) is 8.73. The molecular formula is C9H13N3O2S. The number of aromatic nitrogens is 3. The maximum absolute atomic E-state index is 11.4. The van der Waals surface area contributed by atoms with E-state index in [1.54, 1.807) is 30.3 Å². The lowest BCUT2D eigenvalue weighted by Crippen LogP contribution is -2.43. The van der Waals surface area contributed by atoms with Gasteiger partial charge < -0.3 is 5.11 Å². The zero-order chi connectivity index (χ0) is 11.1. The summed E-state index contributed by atoms with van der Waals surface area (Å²) in [6, 6.07) is 0. The molecule has 1 aliphatic heterocycles. The lowest BCUT2D eigenvalue weighted by Gasteiger charge is -2.24. The first-order valence-electron chi connectivity index (χ1n) is 4.78. The molecule has 1 saturated heterocycles. The van der Waals surface area contributed by atoms with Crippen LogP contribution in [0.3, 0.4) is 0 Å². The van der Waals surface area contributed by atoms with Crippen molar-refractivity contribution in [1.82, 2.24) is 14.8 Å². The molecule has 0 bridgehead atoms. The van der Waals surface area contributed by atoms with Gasteiger partial charge in [-0.15, -0.1) is 0 Å². The number of aliphatic carboxylic acids is 1. The van der Waals surface area contributed by atoms with Crippen molar-refractivity contribution in [1.29, 1.82) is 0 Å². The third kappa shape index (κ3) is 1.52. The van der Waals surface area contributed by atoms with Gasteiger partial charge in [0.15, 0.2) is 5.54 Å². The minimum Gasteiger partial charge on any atom is -0.479 e. The lowest BCUT2D eigenvalue weighted by molar-refractivity contribution is -0.146. The first kappa shape index (κ1) is 10.5. The Morgan fingerprint density at radius 1 is 1.60 bits per heavy atom. The largest absolute Gasteiger partial charge is 0.479 e. The Hall–Kier alpha value is -1.04. The van der Waals surface area contributed by atoms with Crippen LogP contribution in [0.1, 0.15) is 18.1 Å². The molecule has 0 aromatic carbocycles. The van der Waals surface area contributed by atoms with Crippen LogP contribution in [0.25, 0.3) is 0 Å². The van der Waals surface area contributed by atoms with Crippen LogP contribution >= 0.6 is 11.8 Å². The molecular weight excluding hydrogens is 214 g/mol. The normalized spacial score (nSPS) is 25.7. The van der Waals surface area contributed by atoms with Crippen LogP contribution in [0.15, 0.2) is 0 Å². The topological polar surface area (TPSA) is 68.0 Å². The van der Waals surface area contributed by atoms with E-state index in [2.05, 4.69) is 10.1 Å². The summed E-state index contributed by atoms with van der Waals surface area (Å²) in [7, 11) is 0. The second-order valence-corrected chi connectivity index (χ2v) is 4.86. The molecule has 0 amide bonds. The predicted molar refractivity (Wildman–Crippen MR) is 57.0 cm³/mol. The average molecular weight is 227 g/mol. The van der Waals surface area contributed by atoms with Crippen molar-refractivity contribution in [2.45, 2.75) is 25.8 Å². The van der Waals surface area contributed by atoms with Crippen LogP contribution in [0, 0.1) is 13.8 Å². The minimum atomic E-state index is -0.879. The predicted octanol–water partition coefficient (Wildman–Crippen LogP) is 0.812. The molecule has 6 heteroatoms. The van der Waals surface area contributed by atoms with Crippen molar-refractivity contribution in [3.63, 3.8) is 0 Å². The summed E-state index contributed by atoms with van der Waals surface area (Å²) in [5.74, 6) is 1.94. The van der Waals surface area contributed by atoms with Crippen molar-refractivity contribution >= 4 is 17.7 Å². The molecule has 1 aromatic rings. The van der Waals surface area contributed by atoms with E-state index in [1.807, 2.05) is 0 Å². The van der Waals surface area contributed by atoms with Crippen LogP contribution in [0.2, 0.25) is 0 Å². The van der Waals surface area contributed by atoms with Gasteiger partial charge in [-0.2, -0.15) is 16.9 Å². The number of aryl methyl sites for hydroxylation is 2.